The van der Waals surface area contributed by atoms with Crippen molar-refractivity contribution in [2.75, 3.05) is 26.3 Å². The van der Waals surface area contributed by atoms with E-state index in [1.165, 1.54) is 0 Å². The average molecular weight is 256 g/mol. The van der Waals surface area contributed by atoms with Crippen molar-refractivity contribution in [3.05, 3.63) is 0 Å². The molecule has 1 rings (SSSR count). The maximum absolute atomic E-state index is 12.3. The molecule has 4 nitrogen and oxygen atoms in total. The molecule has 4 heteroatoms. The standard InChI is InChI=1S/C14H28N2O2/c1-5-18-10-11-7-6-8-16(9-11)13(17)12(15)14(2,3)4/h11-12H,5-10,15H2,1-4H3/t11?,12-/m1/s1. The minimum atomic E-state index is -0.414. The predicted octanol–water partition coefficient (Wildman–Crippen LogP) is 1.63. The van der Waals surface area contributed by atoms with Gasteiger partial charge in [0.05, 0.1) is 12.6 Å². The van der Waals surface area contributed by atoms with Gasteiger partial charge in [0.2, 0.25) is 5.91 Å². The molecular formula is C14H28N2O2. The highest BCUT2D eigenvalue weighted by atomic mass is 16.5. The van der Waals surface area contributed by atoms with E-state index < -0.39 is 6.04 Å². The summed E-state index contributed by atoms with van der Waals surface area (Å²) >= 11 is 0. The first-order valence-electron chi connectivity index (χ1n) is 6.98. The SMILES string of the molecule is CCOCC1CCCN(C(=O)[C@@H](N)C(C)(C)C)C1. The molecular weight excluding hydrogens is 228 g/mol. The Morgan fingerprint density at radius 1 is 1.50 bits per heavy atom. The zero-order chi connectivity index (χ0) is 13.8. The normalized spacial score (nSPS) is 22.9. The van der Waals surface area contributed by atoms with Gasteiger partial charge in [0.15, 0.2) is 0 Å². The van der Waals surface area contributed by atoms with Crippen LogP contribution in [-0.2, 0) is 9.53 Å². The lowest BCUT2D eigenvalue weighted by Gasteiger charge is -2.37. The van der Waals surface area contributed by atoms with Gasteiger partial charge in [0.25, 0.3) is 0 Å². The van der Waals surface area contributed by atoms with E-state index >= 15 is 0 Å². The molecule has 2 N–H and O–H groups in total. The van der Waals surface area contributed by atoms with Crippen LogP contribution in [0.15, 0.2) is 0 Å². The maximum Gasteiger partial charge on any atom is 0.240 e. The molecule has 0 bridgehead atoms. The van der Waals surface area contributed by atoms with Gasteiger partial charge in [-0.3, -0.25) is 4.79 Å². The summed E-state index contributed by atoms with van der Waals surface area (Å²) in [6, 6.07) is -0.414. The summed E-state index contributed by atoms with van der Waals surface area (Å²) in [5.74, 6) is 0.554. The number of nitrogens with two attached hydrogens (primary N) is 1. The lowest BCUT2D eigenvalue weighted by molar-refractivity contribution is -0.137. The van der Waals surface area contributed by atoms with Crippen molar-refractivity contribution in [3.63, 3.8) is 0 Å². The molecule has 0 aromatic carbocycles. The van der Waals surface area contributed by atoms with Crippen molar-refractivity contribution >= 4 is 5.91 Å². The molecule has 0 spiro atoms. The fourth-order valence-electron chi connectivity index (χ4n) is 2.25. The molecule has 1 heterocycles. The summed E-state index contributed by atoms with van der Waals surface area (Å²) < 4.78 is 5.46. The molecule has 18 heavy (non-hydrogen) atoms. The van der Waals surface area contributed by atoms with Gasteiger partial charge in [0, 0.05) is 19.7 Å². The summed E-state index contributed by atoms with van der Waals surface area (Å²) in [6.45, 7) is 11.2. The Labute approximate surface area is 111 Å². The van der Waals surface area contributed by atoms with Gasteiger partial charge in [0.1, 0.15) is 0 Å². The van der Waals surface area contributed by atoms with Crippen LogP contribution in [0.3, 0.4) is 0 Å². The highest BCUT2D eigenvalue weighted by Gasteiger charge is 2.33. The molecule has 1 aliphatic rings. The molecule has 0 aromatic rings. The van der Waals surface area contributed by atoms with Crippen LogP contribution in [0.4, 0.5) is 0 Å². The first kappa shape index (κ1) is 15.4. The van der Waals surface area contributed by atoms with Crippen molar-refractivity contribution < 1.29 is 9.53 Å². The Kier molecular flexibility index (Phi) is 5.60. The first-order chi connectivity index (χ1) is 8.36. The van der Waals surface area contributed by atoms with Gasteiger partial charge in [-0.2, -0.15) is 0 Å². The average Bonchev–Trinajstić information content (AvgIpc) is 2.33. The Morgan fingerprint density at radius 3 is 2.72 bits per heavy atom. The number of rotatable bonds is 4. The zero-order valence-electron chi connectivity index (χ0n) is 12.2. The molecule has 1 aliphatic heterocycles. The Bertz CT molecular complexity index is 273. The van der Waals surface area contributed by atoms with Gasteiger partial charge in [-0.25, -0.2) is 0 Å². The number of hydrogen-bond donors (Lipinski definition) is 1. The van der Waals surface area contributed by atoms with Crippen LogP contribution in [0.5, 0.6) is 0 Å². The quantitative estimate of drug-likeness (QED) is 0.832. The largest absolute Gasteiger partial charge is 0.381 e. The number of amides is 1. The van der Waals surface area contributed by atoms with Crippen molar-refractivity contribution in [2.24, 2.45) is 17.1 Å². The number of likely N-dealkylation sites (tertiary alicyclic amines) is 1. The second-order valence-corrected chi connectivity index (χ2v) is 6.30. The zero-order valence-corrected chi connectivity index (χ0v) is 12.2. The fraction of sp³-hybridized carbons (Fsp3) is 0.929. The summed E-state index contributed by atoms with van der Waals surface area (Å²) in [5, 5.41) is 0. The Morgan fingerprint density at radius 2 is 2.17 bits per heavy atom. The van der Waals surface area contributed by atoms with Crippen LogP contribution in [0.2, 0.25) is 0 Å². The van der Waals surface area contributed by atoms with E-state index in [9.17, 15) is 4.79 Å². The molecule has 106 valence electrons. The van der Waals surface area contributed by atoms with E-state index in [0.717, 1.165) is 39.1 Å². The molecule has 1 saturated heterocycles. The van der Waals surface area contributed by atoms with Gasteiger partial charge in [-0.05, 0) is 31.1 Å². The minimum absolute atomic E-state index is 0.0868. The number of ether oxygens (including phenoxy) is 1. The number of carbonyl (C=O) groups is 1. The lowest BCUT2D eigenvalue weighted by Crippen LogP contribution is -2.53. The molecule has 0 saturated carbocycles. The molecule has 2 atom stereocenters. The highest BCUT2D eigenvalue weighted by molar-refractivity contribution is 5.82. The Balaban J connectivity index is 2.53. The third-order valence-electron chi connectivity index (χ3n) is 3.59. The summed E-state index contributed by atoms with van der Waals surface area (Å²) in [7, 11) is 0. The van der Waals surface area contributed by atoms with E-state index in [1.807, 2.05) is 32.6 Å². The third kappa shape index (κ3) is 4.25. The molecule has 0 aliphatic carbocycles. The number of carbonyl (C=O) groups excluding carboxylic acids is 1. The van der Waals surface area contributed by atoms with Crippen molar-refractivity contribution in [3.8, 4) is 0 Å². The van der Waals surface area contributed by atoms with E-state index in [0.29, 0.717) is 5.92 Å². The predicted molar refractivity (Wildman–Crippen MR) is 73.2 cm³/mol. The van der Waals surface area contributed by atoms with Crippen LogP contribution in [0, 0.1) is 11.3 Å². The molecule has 1 unspecified atom stereocenters. The topological polar surface area (TPSA) is 55.6 Å². The van der Waals surface area contributed by atoms with Crippen LogP contribution >= 0.6 is 0 Å². The van der Waals surface area contributed by atoms with Gasteiger partial charge >= 0.3 is 0 Å². The monoisotopic (exact) mass is 256 g/mol. The van der Waals surface area contributed by atoms with Gasteiger partial charge in [-0.1, -0.05) is 20.8 Å². The smallest absolute Gasteiger partial charge is 0.240 e. The number of hydrogen-bond acceptors (Lipinski definition) is 3. The molecule has 1 amide bonds. The second kappa shape index (κ2) is 6.53. The van der Waals surface area contributed by atoms with Crippen LogP contribution < -0.4 is 5.73 Å². The van der Waals surface area contributed by atoms with E-state index in [1.54, 1.807) is 0 Å². The molecule has 0 radical (unpaired) electrons. The fourth-order valence-corrected chi connectivity index (χ4v) is 2.25. The van der Waals surface area contributed by atoms with Gasteiger partial charge < -0.3 is 15.4 Å². The number of piperidine rings is 1. The van der Waals surface area contributed by atoms with Crippen molar-refractivity contribution in [1.29, 1.82) is 0 Å². The van der Waals surface area contributed by atoms with Crippen molar-refractivity contribution in [1.82, 2.24) is 4.90 Å². The van der Waals surface area contributed by atoms with Gasteiger partial charge in [-0.15, -0.1) is 0 Å². The highest BCUT2D eigenvalue weighted by Crippen LogP contribution is 2.22. The summed E-state index contributed by atoms with van der Waals surface area (Å²) in [5.41, 5.74) is 5.87. The second-order valence-electron chi connectivity index (χ2n) is 6.30. The minimum Gasteiger partial charge on any atom is -0.381 e. The number of nitrogens with zero attached hydrogens (tertiary/aromatic N) is 1. The van der Waals surface area contributed by atoms with Crippen LogP contribution in [-0.4, -0.2) is 43.2 Å². The van der Waals surface area contributed by atoms with Crippen molar-refractivity contribution in [2.45, 2.75) is 46.6 Å². The Hall–Kier alpha value is -0.610. The maximum atomic E-state index is 12.3. The lowest BCUT2D eigenvalue weighted by atomic mass is 9.86. The van der Waals surface area contributed by atoms with E-state index in [2.05, 4.69) is 0 Å². The van der Waals surface area contributed by atoms with E-state index in [-0.39, 0.29) is 11.3 Å². The third-order valence-corrected chi connectivity index (χ3v) is 3.59. The van der Waals surface area contributed by atoms with E-state index in [4.69, 9.17) is 10.5 Å². The summed E-state index contributed by atoms with van der Waals surface area (Å²) in [6.07, 6.45) is 2.20. The summed E-state index contributed by atoms with van der Waals surface area (Å²) in [4.78, 5) is 14.2. The molecule has 0 aromatic heterocycles. The van der Waals surface area contributed by atoms with Crippen LogP contribution in [0.1, 0.15) is 40.5 Å². The first-order valence-corrected chi connectivity index (χ1v) is 6.98. The van der Waals surface area contributed by atoms with Crippen LogP contribution in [0.25, 0.3) is 0 Å². The molecule has 1 fully saturated rings.